The number of allylic oxidation sites excluding steroid dienone is 3. The van der Waals surface area contributed by atoms with Gasteiger partial charge in [0.1, 0.15) is 5.69 Å². The second-order valence-corrected chi connectivity index (χ2v) is 3.07. The SMILES string of the molecule is C=C/C=c1/ccc(C(=O)O)n/c1=C/C=C\C. The highest BCUT2D eigenvalue weighted by atomic mass is 16.4. The molecule has 0 saturated carbocycles. The number of aromatic nitrogens is 1. The average Bonchev–Trinajstić information content (AvgIpc) is 2.27. The van der Waals surface area contributed by atoms with Gasteiger partial charge in [-0.25, -0.2) is 9.78 Å². The predicted octanol–water partition coefficient (Wildman–Crippen LogP) is 1.10. The fourth-order valence-electron chi connectivity index (χ4n) is 1.19. The standard InChI is InChI=1S/C13H13NO2/c1-3-5-7-11-10(6-4-2)8-9-12(14-11)13(15)16/h3-9H,2H2,1H3,(H,15,16)/b5-3-,10-6-,11-7+. The highest BCUT2D eigenvalue weighted by Crippen LogP contribution is 1.86. The molecule has 1 N–H and O–H groups in total. The van der Waals surface area contributed by atoms with E-state index in [1.807, 2.05) is 19.1 Å². The minimum atomic E-state index is -1.03. The van der Waals surface area contributed by atoms with Crippen LogP contribution < -0.4 is 10.6 Å². The van der Waals surface area contributed by atoms with E-state index in [1.54, 1.807) is 24.3 Å². The molecular weight excluding hydrogens is 202 g/mol. The van der Waals surface area contributed by atoms with E-state index < -0.39 is 5.97 Å². The van der Waals surface area contributed by atoms with Gasteiger partial charge in [-0.05, 0) is 19.1 Å². The van der Waals surface area contributed by atoms with Gasteiger partial charge in [0.2, 0.25) is 0 Å². The van der Waals surface area contributed by atoms with Crippen molar-refractivity contribution in [2.75, 3.05) is 0 Å². The Kier molecular flexibility index (Phi) is 4.21. The molecule has 1 rings (SSSR count). The normalized spacial score (nSPS) is 13.3. The van der Waals surface area contributed by atoms with E-state index in [9.17, 15) is 4.79 Å². The number of carboxylic acid groups (broad SMARTS) is 1. The van der Waals surface area contributed by atoms with Crippen molar-refractivity contribution in [3.05, 3.63) is 53.2 Å². The summed E-state index contributed by atoms with van der Waals surface area (Å²) in [6.07, 6.45) is 8.86. The van der Waals surface area contributed by atoms with Gasteiger partial charge in [-0.1, -0.05) is 36.9 Å². The molecule has 1 aromatic rings. The smallest absolute Gasteiger partial charge is 0.354 e. The van der Waals surface area contributed by atoms with Crippen LogP contribution in [0, 0.1) is 0 Å². The van der Waals surface area contributed by atoms with E-state index >= 15 is 0 Å². The molecule has 82 valence electrons. The minimum Gasteiger partial charge on any atom is -0.477 e. The quantitative estimate of drug-likeness (QED) is 0.821. The maximum Gasteiger partial charge on any atom is 0.354 e. The van der Waals surface area contributed by atoms with Gasteiger partial charge in [0.25, 0.3) is 0 Å². The number of hydrogen-bond acceptors (Lipinski definition) is 2. The number of hydrogen-bond donors (Lipinski definition) is 1. The Hall–Kier alpha value is -2.16. The van der Waals surface area contributed by atoms with Crippen LogP contribution in [0.1, 0.15) is 17.4 Å². The molecule has 1 heterocycles. The maximum atomic E-state index is 10.8. The molecule has 3 heteroatoms. The van der Waals surface area contributed by atoms with Crippen molar-refractivity contribution in [1.82, 2.24) is 4.98 Å². The van der Waals surface area contributed by atoms with Gasteiger partial charge >= 0.3 is 5.97 Å². The topological polar surface area (TPSA) is 50.2 Å². The van der Waals surface area contributed by atoms with E-state index in [0.29, 0.717) is 5.35 Å². The van der Waals surface area contributed by atoms with Gasteiger partial charge in [0.15, 0.2) is 0 Å². The summed E-state index contributed by atoms with van der Waals surface area (Å²) in [5.41, 5.74) is 0.0389. The lowest BCUT2D eigenvalue weighted by Gasteiger charge is -1.93. The van der Waals surface area contributed by atoms with Gasteiger partial charge in [0, 0.05) is 5.22 Å². The summed E-state index contributed by atoms with van der Waals surface area (Å²) in [7, 11) is 0. The Morgan fingerprint density at radius 2 is 2.19 bits per heavy atom. The average molecular weight is 215 g/mol. The summed E-state index contributed by atoms with van der Waals surface area (Å²) in [5.74, 6) is -1.03. The minimum absolute atomic E-state index is 0.0389. The van der Waals surface area contributed by atoms with Crippen LogP contribution in [-0.4, -0.2) is 16.1 Å². The molecule has 1 aromatic heterocycles. The number of aromatic carboxylic acids is 1. The summed E-state index contributed by atoms with van der Waals surface area (Å²) in [4.78, 5) is 14.8. The van der Waals surface area contributed by atoms with Gasteiger partial charge < -0.3 is 5.11 Å². The van der Waals surface area contributed by atoms with Crippen molar-refractivity contribution in [3.63, 3.8) is 0 Å². The van der Waals surface area contributed by atoms with Gasteiger partial charge in [-0.15, -0.1) is 0 Å². The zero-order chi connectivity index (χ0) is 12.0. The van der Waals surface area contributed by atoms with E-state index in [2.05, 4.69) is 11.6 Å². The molecule has 0 radical (unpaired) electrons. The van der Waals surface area contributed by atoms with Crippen LogP contribution >= 0.6 is 0 Å². The molecule has 0 aliphatic heterocycles. The summed E-state index contributed by atoms with van der Waals surface area (Å²) in [6.45, 7) is 5.49. The summed E-state index contributed by atoms with van der Waals surface area (Å²) >= 11 is 0. The fraction of sp³-hybridized carbons (Fsp3) is 0.0769. The van der Waals surface area contributed by atoms with Gasteiger partial charge in [-0.3, -0.25) is 0 Å². The van der Waals surface area contributed by atoms with Crippen LogP contribution in [0.3, 0.4) is 0 Å². The molecule has 16 heavy (non-hydrogen) atoms. The molecule has 0 unspecified atom stereocenters. The van der Waals surface area contributed by atoms with Crippen molar-refractivity contribution in [3.8, 4) is 0 Å². The molecule has 3 nitrogen and oxygen atoms in total. The Morgan fingerprint density at radius 1 is 1.44 bits per heavy atom. The van der Waals surface area contributed by atoms with E-state index in [0.717, 1.165) is 5.22 Å². The molecule has 0 saturated heterocycles. The number of pyridine rings is 1. The first-order valence-corrected chi connectivity index (χ1v) is 4.85. The van der Waals surface area contributed by atoms with Gasteiger partial charge in [-0.2, -0.15) is 0 Å². The highest BCUT2D eigenvalue weighted by molar-refractivity contribution is 5.85. The Bertz CT molecular complexity index is 542. The molecule has 0 amide bonds. The third-order valence-electron chi connectivity index (χ3n) is 1.92. The predicted molar refractivity (Wildman–Crippen MR) is 64.4 cm³/mol. The van der Waals surface area contributed by atoms with Crippen molar-refractivity contribution >= 4 is 18.1 Å². The third kappa shape index (κ3) is 2.92. The van der Waals surface area contributed by atoms with Crippen LogP contribution in [0.2, 0.25) is 0 Å². The fourth-order valence-corrected chi connectivity index (χ4v) is 1.19. The monoisotopic (exact) mass is 215 g/mol. The van der Waals surface area contributed by atoms with Crippen molar-refractivity contribution in [1.29, 1.82) is 0 Å². The van der Waals surface area contributed by atoms with E-state index in [-0.39, 0.29) is 5.69 Å². The second kappa shape index (κ2) is 5.66. The van der Waals surface area contributed by atoms with Gasteiger partial charge in [0.05, 0.1) is 5.35 Å². The summed E-state index contributed by atoms with van der Waals surface area (Å²) in [5, 5.41) is 10.3. The first-order valence-electron chi connectivity index (χ1n) is 4.85. The molecular formula is C13H13NO2. The summed E-state index contributed by atoms with van der Waals surface area (Å²) in [6, 6.07) is 3.19. The van der Waals surface area contributed by atoms with Crippen molar-refractivity contribution in [2.45, 2.75) is 6.92 Å². The number of carbonyl (C=O) groups is 1. The molecule has 0 atom stereocenters. The molecule has 0 aromatic carbocycles. The van der Waals surface area contributed by atoms with E-state index in [1.165, 1.54) is 6.07 Å². The Morgan fingerprint density at radius 3 is 2.75 bits per heavy atom. The lowest BCUT2D eigenvalue weighted by molar-refractivity contribution is 0.0690. The molecule has 0 aliphatic carbocycles. The van der Waals surface area contributed by atoms with Crippen LogP contribution in [0.25, 0.3) is 12.2 Å². The largest absolute Gasteiger partial charge is 0.477 e. The summed E-state index contributed by atoms with van der Waals surface area (Å²) < 4.78 is 0. The van der Waals surface area contributed by atoms with Crippen LogP contribution in [0.15, 0.2) is 36.9 Å². The number of carboxylic acids is 1. The molecule has 0 fully saturated rings. The molecule has 0 spiro atoms. The first kappa shape index (κ1) is 11.9. The highest BCUT2D eigenvalue weighted by Gasteiger charge is 2.02. The molecule has 0 bridgehead atoms. The second-order valence-electron chi connectivity index (χ2n) is 3.07. The number of nitrogens with zero attached hydrogens (tertiary/aromatic N) is 1. The zero-order valence-corrected chi connectivity index (χ0v) is 9.05. The van der Waals surface area contributed by atoms with Crippen LogP contribution in [-0.2, 0) is 0 Å². The van der Waals surface area contributed by atoms with Crippen molar-refractivity contribution in [2.24, 2.45) is 0 Å². The Labute approximate surface area is 93.8 Å². The van der Waals surface area contributed by atoms with Crippen LogP contribution in [0.4, 0.5) is 0 Å². The zero-order valence-electron chi connectivity index (χ0n) is 9.05. The maximum absolute atomic E-state index is 10.8. The lowest BCUT2D eigenvalue weighted by Crippen LogP contribution is -2.29. The first-order chi connectivity index (χ1) is 7.69. The number of rotatable bonds is 3. The van der Waals surface area contributed by atoms with Crippen molar-refractivity contribution < 1.29 is 9.90 Å². The molecule has 0 aliphatic rings. The van der Waals surface area contributed by atoms with Crippen LogP contribution in [0.5, 0.6) is 0 Å². The third-order valence-corrected chi connectivity index (χ3v) is 1.92. The lowest BCUT2D eigenvalue weighted by atomic mass is 10.2. The van der Waals surface area contributed by atoms with E-state index in [4.69, 9.17) is 5.11 Å². The Balaban J connectivity index is 3.50.